The van der Waals surface area contributed by atoms with Gasteiger partial charge in [-0.1, -0.05) is 24.4 Å². The minimum Gasteiger partial charge on any atom is -0.398 e. The Bertz CT molecular complexity index is 334. The molecule has 0 unspecified atom stereocenters. The number of rotatable bonds is 3. The van der Waals surface area contributed by atoms with Crippen LogP contribution in [0.4, 0.5) is 5.69 Å². The molecule has 0 bridgehead atoms. The number of halogens is 1. The highest BCUT2D eigenvalue weighted by Gasteiger charge is 2.15. The van der Waals surface area contributed by atoms with E-state index in [1.807, 2.05) is 30.0 Å². The summed E-state index contributed by atoms with van der Waals surface area (Å²) in [6.07, 6.45) is 5.59. The molecule has 1 aliphatic rings. The van der Waals surface area contributed by atoms with E-state index < -0.39 is 0 Å². The average Bonchev–Trinajstić information content (AvgIpc) is 2.69. The van der Waals surface area contributed by atoms with Crippen molar-refractivity contribution in [3.63, 3.8) is 0 Å². The van der Waals surface area contributed by atoms with Crippen LogP contribution >= 0.6 is 23.4 Å². The maximum absolute atomic E-state index is 5.90. The Morgan fingerprint density at radius 3 is 2.73 bits per heavy atom. The van der Waals surface area contributed by atoms with Crippen molar-refractivity contribution in [1.82, 2.24) is 0 Å². The first-order valence-electron chi connectivity index (χ1n) is 5.43. The first kappa shape index (κ1) is 11.2. The second-order valence-corrected chi connectivity index (χ2v) is 5.64. The molecule has 0 radical (unpaired) electrons. The van der Waals surface area contributed by atoms with Crippen molar-refractivity contribution in [3.05, 3.63) is 23.2 Å². The highest BCUT2D eigenvalue weighted by molar-refractivity contribution is 7.99. The number of benzene rings is 1. The zero-order valence-electron chi connectivity index (χ0n) is 8.71. The van der Waals surface area contributed by atoms with E-state index in [0.29, 0.717) is 0 Å². The van der Waals surface area contributed by atoms with Crippen LogP contribution in [0.25, 0.3) is 0 Å². The molecule has 0 atom stereocenters. The van der Waals surface area contributed by atoms with Crippen molar-refractivity contribution in [2.24, 2.45) is 5.92 Å². The van der Waals surface area contributed by atoms with E-state index in [9.17, 15) is 0 Å². The molecule has 3 heteroatoms. The Hall–Kier alpha value is -0.340. The molecule has 1 aromatic carbocycles. The molecule has 1 fully saturated rings. The van der Waals surface area contributed by atoms with Gasteiger partial charge in [0.05, 0.1) is 0 Å². The minimum atomic E-state index is 0.720. The molecule has 1 aliphatic carbocycles. The third-order valence-corrected chi connectivity index (χ3v) is 4.48. The highest BCUT2D eigenvalue weighted by atomic mass is 35.5. The largest absolute Gasteiger partial charge is 0.398 e. The van der Waals surface area contributed by atoms with E-state index in [1.165, 1.54) is 36.3 Å². The third kappa shape index (κ3) is 3.05. The van der Waals surface area contributed by atoms with Gasteiger partial charge >= 0.3 is 0 Å². The number of hydrogen-bond donors (Lipinski definition) is 1. The number of anilines is 1. The highest BCUT2D eigenvalue weighted by Crippen LogP contribution is 2.33. The zero-order valence-corrected chi connectivity index (χ0v) is 10.3. The number of hydrogen-bond acceptors (Lipinski definition) is 2. The third-order valence-electron chi connectivity index (χ3n) is 2.92. The fourth-order valence-corrected chi connectivity index (χ4v) is 3.35. The van der Waals surface area contributed by atoms with Crippen LogP contribution in [0.15, 0.2) is 23.1 Å². The van der Waals surface area contributed by atoms with Crippen molar-refractivity contribution in [3.8, 4) is 0 Å². The molecule has 0 heterocycles. The minimum absolute atomic E-state index is 0.720. The Labute approximate surface area is 100 Å². The van der Waals surface area contributed by atoms with Gasteiger partial charge in [0.25, 0.3) is 0 Å². The molecule has 1 saturated carbocycles. The van der Waals surface area contributed by atoms with Gasteiger partial charge in [-0.15, -0.1) is 11.8 Å². The van der Waals surface area contributed by atoms with Gasteiger partial charge in [0.2, 0.25) is 0 Å². The molecule has 0 spiro atoms. The summed E-state index contributed by atoms with van der Waals surface area (Å²) >= 11 is 7.72. The molecule has 0 amide bonds. The van der Waals surface area contributed by atoms with E-state index >= 15 is 0 Å². The summed E-state index contributed by atoms with van der Waals surface area (Å²) in [6, 6.07) is 5.77. The van der Waals surface area contributed by atoms with Crippen LogP contribution in [0.5, 0.6) is 0 Å². The Kier molecular flexibility index (Phi) is 3.81. The second kappa shape index (κ2) is 5.13. The molecule has 2 N–H and O–H groups in total. The molecule has 1 aromatic rings. The maximum atomic E-state index is 5.90. The van der Waals surface area contributed by atoms with Crippen LogP contribution in [0.2, 0.25) is 5.02 Å². The summed E-state index contributed by atoms with van der Waals surface area (Å²) < 4.78 is 0. The predicted octanol–water partition coefficient (Wildman–Crippen LogP) is 4.20. The molecule has 82 valence electrons. The lowest BCUT2D eigenvalue weighted by Crippen LogP contribution is -1.97. The number of thioether (sulfide) groups is 1. The molecule has 0 aromatic heterocycles. The van der Waals surface area contributed by atoms with E-state index in [-0.39, 0.29) is 0 Å². The van der Waals surface area contributed by atoms with Crippen molar-refractivity contribution in [2.45, 2.75) is 30.6 Å². The van der Waals surface area contributed by atoms with E-state index in [0.717, 1.165) is 16.6 Å². The van der Waals surface area contributed by atoms with Gasteiger partial charge in [0.1, 0.15) is 0 Å². The topological polar surface area (TPSA) is 26.0 Å². The maximum Gasteiger partial charge on any atom is 0.0467 e. The summed E-state index contributed by atoms with van der Waals surface area (Å²) in [6.45, 7) is 0. The van der Waals surface area contributed by atoms with E-state index in [2.05, 4.69) is 0 Å². The van der Waals surface area contributed by atoms with Crippen LogP contribution < -0.4 is 5.73 Å². The molecule has 2 rings (SSSR count). The fourth-order valence-electron chi connectivity index (χ4n) is 2.04. The van der Waals surface area contributed by atoms with Crippen LogP contribution in [-0.4, -0.2) is 5.75 Å². The van der Waals surface area contributed by atoms with Crippen LogP contribution in [-0.2, 0) is 0 Å². The van der Waals surface area contributed by atoms with Crippen LogP contribution in [0.1, 0.15) is 25.7 Å². The summed E-state index contributed by atoms with van der Waals surface area (Å²) in [4.78, 5) is 1.17. The van der Waals surface area contributed by atoms with E-state index in [1.54, 1.807) is 0 Å². The quantitative estimate of drug-likeness (QED) is 0.634. The fraction of sp³-hybridized carbons (Fsp3) is 0.500. The van der Waals surface area contributed by atoms with Crippen molar-refractivity contribution >= 4 is 29.1 Å². The molecule has 1 nitrogen and oxygen atoms in total. The predicted molar refractivity (Wildman–Crippen MR) is 68.5 cm³/mol. The first-order valence-corrected chi connectivity index (χ1v) is 6.80. The number of nitrogen functional groups attached to an aromatic ring is 1. The van der Waals surface area contributed by atoms with Gasteiger partial charge < -0.3 is 5.73 Å². The van der Waals surface area contributed by atoms with Crippen LogP contribution in [0, 0.1) is 5.92 Å². The van der Waals surface area contributed by atoms with Gasteiger partial charge in [-0.3, -0.25) is 0 Å². The van der Waals surface area contributed by atoms with Crippen molar-refractivity contribution < 1.29 is 0 Å². The summed E-state index contributed by atoms with van der Waals surface area (Å²) in [7, 11) is 0. The standard InChI is InChI=1S/C12H16ClNS/c13-10-5-6-12(11(14)7-10)15-8-9-3-1-2-4-9/h5-7,9H,1-4,8,14H2. The lowest BCUT2D eigenvalue weighted by molar-refractivity contribution is 0.623. The van der Waals surface area contributed by atoms with Crippen LogP contribution in [0.3, 0.4) is 0 Å². The first-order chi connectivity index (χ1) is 7.25. The number of nitrogens with two attached hydrogens (primary N) is 1. The van der Waals surface area contributed by atoms with Gasteiger partial charge in [-0.25, -0.2) is 0 Å². The van der Waals surface area contributed by atoms with Crippen molar-refractivity contribution in [2.75, 3.05) is 11.5 Å². The molecular weight excluding hydrogens is 226 g/mol. The Balaban J connectivity index is 1.92. The lowest BCUT2D eigenvalue weighted by Gasteiger charge is -2.10. The summed E-state index contributed by atoms with van der Waals surface area (Å²) in [5.74, 6) is 2.09. The molecule has 15 heavy (non-hydrogen) atoms. The van der Waals surface area contributed by atoms with Gasteiger partial charge in [0, 0.05) is 21.4 Å². The second-order valence-electron chi connectivity index (χ2n) is 4.14. The molecule has 0 saturated heterocycles. The lowest BCUT2D eigenvalue weighted by atomic mass is 10.1. The smallest absolute Gasteiger partial charge is 0.0467 e. The summed E-state index contributed by atoms with van der Waals surface area (Å²) in [5.41, 5.74) is 6.71. The molecule has 0 aliphatic heterocycles. The Morgan fingerprint density at radius 2 is 2.07 bits per heavy atom. The Morgan fingerprint density at radius 1 is 1.33 bits per heavy atom. The normalized spacial score (nSPS) is 17.1. The van der Waals surface area contributed by atoms with Gasteiger partial charge in [-0.05, 0) is 37.0 Å². The average molecular weight is 242 g/mol. The van der Waals surface area contributed by atoms with Gasteiger partial charge in [0.15, 0.2) is 0 Å². The van der Waals surface area contributed by atoms with Gasteiger partial charge in [-0.2, -0.15) is 0 Å². The monoisotopic (exact) mass is 241 g/mol. The molecular formula is C12H16ClNS. The summed E-state index contributed by atoms with van der Waals surface area (Å²) in [5, 5.41) is 0.720. The SMILES string of the molecule is Nc1cc(Cl)ccc1SCC1CCCC1. The zero-order chi connectivity index (χ0) is 10.7. The van der Waals surface area contributed by atoms with Crippen molar-refractivity contribution in [1.29, 1.82) is 0 Å². The van der Waals surface area contributed by atoms with E-state index in [4.69, 9.17) is 17.3 Å².